The monoisotopic (exact) mass is 395 g/mol. The molecule has 144 valence electrons. The standard InChI is InChI=1S/C20H21N5O2S/c1-13-9-16(17-6-4-8-28-17)24-18(23-13)14-5-3-7-25(12-14)19(26)15-10-21-20(27-2)22-11-15/h4,6,8-11,14H,3,5,7,12H2,1-2H3/t14-/m0/s1. The summed E-state index contributed by atoms with van der Waals surface area (Å²) in [6.07, 6.45) is 4.90. The molecule has 0 aliphatic carbocycles. The van der Waals surface area contributed by atoms with Crippen LogP contribution in [-0.2, 0) is 0 Å². The maximum absolute atomic E-state index is 12.9. The Morgan fingerprint density at radius 3 is 2.82 bits per heavy atom. The minimum absolute atomic E-state index is 0.0708. The number of hydrogen-bond donors (Lipinski definition) is 0. The Morgan fingerprint density at radius 2 is 2.11 bits per heavy atom. The Bertz CT molecular complexity index is 959. The summed E-state index contributed by atoms with van der Waals surface area (Å²) in [6.45, 7) is 3.30. The fraction of sp³-hybridized carbons (Fsp3) is 0.350. The Kier molecular flexibility index (Phi) is 5.29. The molecule has 1 atom stereocenters. The molecule has 0 saturated carbocycles. The molecule has 4 heterocycles. The van der Waals surface area contributed by atoms with Crippen molar-refractivity contribution < 1.29 is 9.53 Å². The summed E-state index contributed by atoms with van der Waals surface area (Å²) >= 11 is 1.67. The number of likely N-dealkylation sites (tertiary alicyclic amines) is 1. The summed E-state index contributed by atoms with van der Waals surface area (Å²) in [5.41, 5.74) is 2.36. The number of aromatic nitrogens is 4. The zero-order chi connectivity index (χ0) is 19.5. The quantitative estimate of drug-likeness (QED) is 0.674. The number of rotatable bonds is 4. The highest BCUT2D eigenvalue weighted by molar-refractivity contribution is 7.13. The number of nitrogens with zero attached hydrogens (tertiary/aromatic N) is 5. The van der Waals surface area contributed by atoms with E-state index in [1.165, 1.54) is 19.5 Å². The van der Waals surface area contributed by atoms with Gasteiger partial charge >= 0.3 is 6.01 Å². The van der Waals surface area contributed by atoms with Crippen molar-refractivity contribution in [3.63, 3.8) is 0 Å². The highest BCUT2D eigenvalue weighted by Gasteiger charge is 2.28. The third-order valence-corrected chi connectivity index (χ3v) is 5.67. The van der Waals surface area contributed by atoms with Crippen molar-refractivity contribution in [2.24, 2.45) is 0 Å². The van der Waals surface area contributed by atoms with Gasteiger partial charge in [-0.2, -0.15) is 0 Å². The Morgan fingerprint density at radius 1 is 1.29 bits per heavy atom. The predicted molar refractivity (Wildman–Crippen MR) is 107 cm³/mol. The van der Waals surface area contributed by atoms with Crippen molar-refractivity contribution in [1.82, 2.24) is 24.8 Å². The summed E-state index contributed by atoms with van der Waals surface area (Å²) in [5, 5.41) is 2.05. The number of hydrogen-bond acceptors (Lipinski definition) is 7. The molecule has 0 radical (unpaired) electrons. The Hall–Kier alpha value is -2.87. The van der Waals surface area contributed by atoms with Crippen LogP contribution in [0.2, 0.25) is 0 Å². The lowest BCUT2D eigenvalue weighted by Gasteiger charge is -2.32. The van der Waals surface area contributed by atoms with Crippen LogP contribution in [0.1, 0.15) is 40.6 Å². The Balaban J connectivity index is 1.54. The van der Waals surface area contributed by atoms with Gasteiger partial charge in [-0.3, -0.25) is 4.79 Å². The fourth-order valence-electron chi connectivity index (χ4n) is 3.41. The summed E-state index contributed by atoms with van der Waals surface area (Å²) < 4.78 is 4.96. The molecule has 8 heteroatoms. The van der Waals surface area contributed by atoms with Gasteiger partial charge in [-0.25, -0.2) is 19.9 Å². The van der Waals surface area contributed by atoms with Gasteiger partial charge in [0.1, 0.15) is 5.82 Å². The largest absolute Gasteiger partial charge is 0.467 e. The smallest absolute Gasteiger partial charge is 0.316 e. The van der Waals surface area contributed by atoms with Crippen molar-refractivity contribution in [1.29, 1.82) is 0 Å². The lowest BCUT2D eigenvalue weighted by molar-refractivity contribution is 0.0703. The number of amides is 1. The van der Waals surface area contributed by atoms with Crippen molar-refractivity contribution >= 4 is 17.2 Å². The van der Waals surface area contributed by atoms with Gasteiger partial charge in [0.15, 0.2) is 0 Å². The lowest BCUT2D eigenvalue weighted by atomic mass is 9.96. The van der Waals surface area contributed by atoms with Gasteiger partial charge in [-0.1, -0.05) is 6.07 Å². The van der Waals surface area contributed by atoms with Crippen LogP contribution < -0.4 is 4.74 Å². The summed E-state index contributed by atoms with van der Waals surface area (Å²) in [5.74, 6) is 0.862. The maximum Gasteiger partial charge on any atom is 0.316 e. The van der Waals surface area contributed by atoms with Gasteiger partial charge in [0.05, 0.1) is 23.2 Å². The van der Waals surface area contributed by atoms with Gasteiger partial charge in [-0.15, -0.1) is 11.3 Å². The van der Waals surface area contributed by atoms with E-state index >= 15 is 0 Å². The van der Waals surface area contributed by atoms with Gasteiger partial charge in [0.2, 0.25) is 0 Å². The second kappa shape index (κ2) is 8.02. The third-order valence-electron chi connectivity index (χ3n) is 4.78. The van der Waals surface area contributed by atoms with Crippen LogP contribution in [0, 0.1) is 6.92 Å². The number of aryl methyl sites for hydroxylation is 1. The average Bonchev–Trinajstić information content (AvgIpc) is 3.28. The molecule has 7 nitrogen and oxygen atoms in total. The summed E-state index contributed by atoms with van der Waals surface area (Å²) in [4.78, 5) is 33.4. The topological polar surface area (TPSA) is 81.1 Å². The third kappa shape index (κ3) is 3.87. The molecule has 1 fully saturated rings. The molecular formula is C20H21N5O2S. The normalized spacial score (nSPS) is 16.8. The molecule has 1 aliphatic rings. The first-order chi connectivity index (χ1) is 13.6. The number of piperidine rings is 1. The van der Waals surface area contributed by atoms with E-state index < -0.39 is 0 Å². The number of carbonyl (C=O) groups is 1. The van der Waals surface area contributed by atoms with Crippen molar-refractivity contribution in [2.75, 3.05) is 20.2 Å². The van der Waals surface area contributed by atoms with Gasteiger partial charge in [0, 0.05) is 37.1 Å². The molecular weight excluding hydrogens is 374 g/mol. The molecule has 4 rings (SSSR count). The van der Waals surface area contributed by atoms with E-state index in [0.717, 1.165) is 34.9 Å². The molecule has 1 saturated heterocycles. The van der Waals surface area contributed by atoms with Crippen molar-refractivity contribution in [3.8, 4) is 16.6 Å². The molecule has 0 N–H and O–H groups in total. The molecule has 0 spiro atoms. The van der Waals surface area contributed by atoms with E-state index in [4.69, 9.17) is 9.72 Å². The summed E-state index contributed by atoms with van der Waals surface area (Å²) in [6, 6.07) is 6.35. The molecule has 3 aromatic heterocycles. The highest BCUT2D eigenvalue weighted by atomic mass is 32.1. The van der Waals surface area contributed by atoms with Gasteiger partial charge < -0.3 is 9.64 Å². The van der Waals surface area contributed by atoms with E-state index in [1.54, 1.807) is 11.3 Å². The van der Waals surface area contributed by atoms with Gasteiger partial charge in [-0.05, 0) is 37.3 Å². The molecule has 1 amide bonds. The second-order valence-corrected chi connectivity index (χ2v) is 7.73. The van der Waals surface area contributed by atoms with E-state index in [0.29, 0.717) is 18.7 Å². The fourth-order valence-corrected chi connectivity index (χ4v) is 4.10. The van der Waals surface area contributed by atoms with Crippen molar-refractivity contribution in [2.45, 2.75) is 25.7 Å². The van der Waals surface area contributed by atoms with Crippen LogP contribution >= 0.6 is 11.3 Å². The van der Waals surface area contributed by atoms with E-state index in [-0.39, 0.29) is 17.8 Å². The highest BCUT2D eigenvalue weighted by Crippen LogP contribution is 2.29. The molecule has 28 heavy (non-hydrogen) atoms. The first-order valence-corrected chi connectivity index (χ1v) is 10.1. The number of carbonyl (C=O) groups excluding carboxylic acids is 1. The van der Waals surface area contributed by atoms with Crippen LogP contribution in [0.4, 0.5) is 0 Å². The van der Waals surface area contributed by atoms with Crippen LogP contribution in [0.25, 0.3) is 10.6 Å². The molecule has 0 bridgehead atoms. The van der Waals surface area contributed by atoms with E-state index in [2.05, 4.69) is 21.0 Å². The zero-order valence-corrected chi connectivity index (χ0v) is 16.6. The second-order valence-electron chi connectivity index (χ2n) is 6.78. The molecule has 0 unspecified atom stereocenters. The zero-order valence-electron chi connectivity index (χ0n) is 15.8. The number of methoxy groups -OCH3 is 1. The van der Waals surface area contributed by atoms with Crippen LogP contribution in [0.15, 0.2) is 36.0 Å². The predicted octanol–water partition coefficient (Wildman–Crippen LogP) is 3.33. The lowest BCUT2D eigenvalue weighted by Crippen LogP contribution is -2.39. The molecule has 1 aliphatic heterocycles. The number of thiophene rings is 1. The minimum Gasteiger partial charge on any atom is -0.467 e. The first-order valence-electron chi connectivity index (χ1n) is 9.19. The molecule has 3 aromatic rings. The maximum atomic E-state index is 12.9. The summed E-state index contributed by atoms with van der Waals surface area (Å²) in [7, 11) is 1.50. The molecule has 0 aromatic carbocycles. The number of ether oxygens (including phenoxy) is 1. The van der Waals surface area contributed by atoms with Crippen LogP contribution in [0.5, 0.6) is 6.01 Å². The Labute approximate surface area is 167 Å². The van der Waals surface area contributed by atoms with Crippen molar-refractivity contribution in [3.05, 3.63) is 53.1 Å². The van der Waals surface area contributed by atoms with Crippen LogP contribution in [-0.4, -0.2) is 50.9 Å². The minimum atomic E-state index is -0.0708. The van der Waals surface area contributed by atoms with E-state index in [1.807, 2.05) is 29.3 Å². The first kappa shape index (κ1) is 18.5. The van der Waals surface area contributed by atoms with Crippen LogP contribution in [0.3, 0.4) is 0 Å². The van der Waals surface area contributed by atoms with E-state index in [9.17, 15) is 4.79 Å². The SMILES string of the molecule is COc1ncc(C(=O)N2CCC[C@H](c3nc(C)cc(-c4cccs4)n3)C2)cn1. The average molecular weight is 395 g/mol. The van der Waals surface area contributed by atoms with Gasteiger partial charge in [0.25, 0.3) is 5.91 Å².